The fourth-order valence-electron chi connectivity index (χ4n) is 1.45. The van der Waals surface area contributed by atoms with Crippen molar-refractivity contribution in [2.24, 2.45) is 0 Å². The normalized spacial score (nSPS) is 10.6. The van der Waals surface area contributed by atoms with Crippen LogP contribution in [0.1, 0.15) is 17.3 Å². The summed E-state index contributed by atoms with van der Waals surface area (Å²) in [5, 5.41) is 8.99. The van der Waals surface area contributed by atoms with Gasteiger partial charge < -0.3 is 10.6 Å². The first-order valence-electron chi connectivity index (χ1n) is 5.36. The zero-order chi connectivity index (χ0) is 13.1. The first-order valence-corrected chi connectivity index (χ1v) is 6.24. The molecule has 2 heterocycles. The van der Waals surface area contributed by atoms with Crippen LogP contribution in [0.5, 0.6) is 0 Å². The first-order chi connectivity index (χ1) is 8.54. The number of nitrogens with two attached hydrogens (primary N) is 1. The zero-order valence-electron chi connectivity index (χ0n) is 10.2. The fourth-order valence-corrected chi connectivity index (χ4v) is 2.02. The van der Waals surface area contributed by atoms with Crippen LogP contribution in [0.3, 0.4) is 0 Å². The molecular weight excluding hydrogens is 252 g/mol. The Kier molecular flexibility index (Phi) is 3.56. The molecule has 0 fully saturated rings. The van der Waals surface area contributed by atoms with Crippen LogP contribution in [0.25, 0.3) is 0 Å². The molecule has 0 aliphatic heterocycles. The van der Waals surface area contributed by atoms with E-state index in [4.69, 9.17) is 5.73 Å². The summed E-state index contributed by atoms with van der Waals surface area (Å²) in [6.45, 7) is 2.19. The van der Waals surface area contributed by atoms with Crippen molar-refractivity contribution in [3.05, 3.63) is 22.7 Å². The van der Waals surface area contributed by atoms with Gasteiger partial charge in [0.2, 0.25) is 5.91 Å². The van der Waals surface area contributed by atoms with Crippen molar-refractivity contribution in [3.8, 4) is 0 Å². The Morgan fingerprint density at radius 3 is 2.89 bits per heavy atom. The monoisotopic (exact) mass is 266 g/mol. The molecule has 0 radical (unpaired) electrons. The minimum absolute atomic E-state index is 0.0391. The van der Waals surface area contributed by atoms with E-state index < -0.39 is 0 Å². The fraction of sp³-hybridized carbons (Fsp3) is 0.400. The standard InChI is InChI=1S/C10H14N6OS/c1-6-12-8(15-14-6)4-16(2)9(17)3-7-5-18-10(11)13-7/h5H,3-4H2,1-2H3,(H2,11,13)(H,12,14,15). The number of anilines is 1. The van der Waals surface area contributed by atoms with E-state index in [-0.39, 0.29) is 12.3 Å². The van der Waals surface area contributed by atoms with E-state index in [1.165, 1.54) is 11.3 Å². The largest absolute Gasteiger partial charge is 0.375 e. The molecule has 0 unspecified atom stereocenters. The van der Waals surface area contributed by atoms with Crippen LogP contribution in [-0.2, 0) is 17.8 Å². The molecule has 0 bridgehead atoms. The van der Waals surface area contributed by atoms with Crippen molar-refractivity contribution in [1.82, 2.24) is 25.1 Å². The maximum Gasteiger partial charge on any atom is 0.228 e. The van der Waals surface area contributed by atoms with Gasteiger partial charge in [0.05, 0.1) is 18.7 Å². The number of likely N-dealkylation sites (N-methyl/N-ethyl adjacent to an activating group) is 1. The van der Waals surface area contributed by atoms with E-state index in [1.54, 1.807) is 17.3 Å². The van der Waals surface area contributed by atoms with Crippen LogP contribution in [0.2, 0.25) is 0 Å². The van der Waals surface area contributed by atoms with Crippen molar-refractivity contribution in [2.45, 2.75) is 19.9 Å². The van der Waals surface area contributed by atoms with Crippen molar-refractivity contribution in [1.29, 1.82) is 0 Å². The summed E-state index contributed by atoms with van der Waals surface area (Å²) in [7, 11) is 1.71. The molecule has 0 spiro atoms. The van der Waals surface area contributed by atoms with E-state index in [0.29, 0.717) is 23.2 Å². The lowest BCUT2D eigenvalue weighted by Gasteiger charge is -2.14. The van der Waals surface area contributed by atoms with E-state index in [2.05, 4.69) is 20.2 Å². The minimum atomic E-state index is -0.0391. The van der Waals surface area contributed by atoms with Crippen LogP contribution in [0.4, 0.5) is 5.13 Å². The molecule has 0 saturated carbocycles. The van der Waals surface area contributed by atoms with Gasteiger partial charge in [-0.25, -0.2) is 9.97 Å². The maximum absolute atomic E-state index is 11.9. The Morgan fingerprint density at radius 2 is 2.33 bits per heavy atom. The number of carbonyl (C=O) groups excluding carboxylic acids is 1. The van der Waals surface area contributed by atoms with Gasteiger partial charge in [-0.3, -0.25) is 9.89 Å². The predicted octanol–water partition coefficient (Wildman–Crippen LogP) is 0.353. The number of nitrogen functional groups attached to an aromatic ring is 1. The van der Waals surface area contributed by atoms with Gasteiger partial charge in [-0.1, -0.05) is 0 Å². The van der Waals surface area contributed by atoms with Crippen LogP contribution < -0.4 is 5.73 Å². The molecule has 2 aromatic heterocycles. The lowest BCUT2D eigenvalue weighted by molar-refractivity contribution is -0.129. The summed E-state index contributed by atoms with van der Waals surface area (Å²) in [5.41, 5.74) is 6.21. The molecule has 0 atom stereocenters. The highest BCUT2D eigenvalue weighted by molar-refractivity contribution is 7.13. The molecule has 3 N–H and O–H groups in total. The molecule has 7 nitrogen and oxygen atoms in total. The number of hydrogen-bond acceptors (Lipinski definition) is 6. The average molecular weight is 266 g/mol. The van der Waals surface area contributed by atoms with Gasteiger partial charge in [0.15, 0.2) is 11.0 Å². The lowest BCUT2D eigenvalue weighted by Crippen LogP contribution is -2.28. The predicted molar refractivity (Wildman–Crippen MR) is 67.8 cm³/mol. The number of thiazole rings is 1. The van der Waals surface area contributed by atoms with E-state index in [0.717, 1.165) is 5.82 Å². The number of nitrogens with one attached hydrogen (secondary N) is 1. The second-order valence-electron chi connectivity index (χ2n) is 3.94. The maximum atomic E-state index is 11.9. The molecule has 2 aromatic rings. The van der Waals surface area contributed by atoms with Gasteiger partial charge >= 0.3 is 0 Å². The van der Waals surface area contributed by atoms with Crippen molar-refractivity contribution in [2.75, 3.05) is 12.8 Å². The number of amides is 1. The summed E-state index contributed by atoms with van der Waals surface area (Å²) in [6.07, 6.45) is 0.244. The third kappa shape index (κ3) is 3.04. The zero-order valence-corrected chi connectivity index (χ0v) is 11.0. The SMILES string of the molecule is Cc1nc(CN(C)C(=O)Cc2csc(N)n2)n[nH]1. The van der Waals surface area contributed by atoms with Gasteiger partial charge in [0.25, 0.3) is 0 Å². The van der Waals surface area contributed by atoms with Gasteiger partial charge in [-0.15, -0.1) is 11.3 Å². The quantitative estimate of drug-likeness (QED) is 0.831. The molecule has 0 aliphatic carbocycles. The van der Waals surface area contributed by atoms with Gasteiger partial charge in [0, 0.05) is 12.4 Å². The van der Waals surface area contributed by atoms with Gasteiger partial charge in [-0.05, 0) is 6.92 Å². The Hall–Kier alpha value is -1.96. The van der Waals surface area contributed by atoms with Gasteiger partial charge in [0.1, 0.15) is 5.82 Å². The summed E-state index contributed by atoms with van der Waals surface area (Å²) >= 11 is 1.33. The third-order valence-electron chi connectivity index (χ3n) is 2.35. The average Bonchev–Trinajstić information content (AvgIpc) is 2.88. The Labute approximate surface area is 108 Å². The number of nitrogens with zero attached hydrogens (tertiary/aromatic N) is 4. The highest BCUT2D eigenvalue weighted by Gasteiger charge is 2.13. The minimum Gasteiger partial charge on any atom is -0.375 e. The molecule has 2 rings (SSSR count). The van der Waals surface area contributed by atoms with Crippen molar-refractivity contribution >= 4 is 22.4 Å². The lowest BCUT2D eigenvalue weighted by atomic mass is 10.3. The molecule has 18 heavy (non-hydrogen) atoms. The first kappa shape index (κ1) is 12.5. The van der Waals surface area contributed by atoms with Crippen LogP contribution >= 0.6 is 11.3 Å². The summed E-state index contributed by atoms with van der Waals surface area (Å²) < 4.78 is 0. The molecule has 1 amide bonds. The second-order valence-corrected chi connectivity index (χ2v) is 4.83. The Balaban J connectivity index is 1.92. The van der Waals surface area contributed by atoms with Crippen molar-refractivity contribution in [3.63, 3.8) is 0 Å². The summed E-state index contributed by atoms with van der Waals surface area (Å²) in [6, 6.07) is 0. The third-order valence-corrected chi connectivity index (χ3v) is 3.07. The second kappa shape index (κ2) is 5.13. The molecule has 96 valence electrons. The molecule has 0 aromatic carbocycles. The number of rotatable bonds is 4. The Bertz CT molecular complexity index is 548. The van der Waals surface area contributed by atoms with E-state index >= 15 is 0 Å². The molecule has 0 aliphatic rings. The number of H-pyrrole nitrogens is 1. The number of carbonyl (C=O) groups is 1. The van der Waals surface area contributed by atoms with E-state index in [1.807, 2.05) is 6.92 Å². The summed E-state index contributed by atoms with van der Waals surface area (Å²) in [4.78, 5) is 21.7. The molecule has 8 heteroatoms. The van der Waals surface area contributed by atoms with Crippen LogP contribution in [0.15, 0.2) is 5.38 Å². The number of aromatic amines is 1. The Morgan fingerprint density at radius 1 is 1.56 bits per heavy atom. The topological polar surface area (TPSA) is 101 Å². The number of hydrogen-bond donors (Lipinski definition) is 2. The molecule has 0 saturated heterocycles. The highest BCUT2D eigenvalue weighted by Crippen LogP contribution is 2.12. The van der Waals surface area contributed by atoms with Crippen molar-refractivity contribution < 1.29 is 4.79 Å². The van der Waals surface area contributed by atoms with E-state index in [9.17, 15) is 4.79 Å². The highest BCUT2D eigenvalue weighted by atomic mass is 32.1. The number of aryl methyl sites for hydroxylation is 1. The molecular formula is C10H14N6OS. The number of aromatic nitrogens is 4. The summed E-state index contributed by atoms with van der Waals surface area (Å²) in [5.74, 6) is 1.29. The van der Waals surface area contributed by atoms with Crippen LogP contribution in [-0.4, -0.2) is 38.0 Å². The van der Waals surface area contributed by atoms with Gasteiger partial charge in [-0.2, -0.15) is 5.10 Å². The smallest absolute Gasteiger partial charge is 0.228 e. The van der Waals surface area contributed by atoms with Crippen LogP contribution in [0, 0.1) is 6.92 Å².